The molecule has 0 bridgehead atoms. The van der Waals surface area contributed by atoms with Crippen molar-refractivity contribution in [1.82, 2.24) is 5.32 Å². The number of benzene rings is 1. The fourth-order valence-corrected chi connectivity index (χ4v) is 3.40. The van der Waals surface area contributed by atoms with Gasteiger partial charge in [-0.1, -0.05) is 11.6 Å². The molecule has 3 heteroatoms. The lowest BCUT2D eigenvalue weighted by molar-refractivity contribution is 0.0168. The second-order valence-corrected chi connectivity index (χ2v) is 6.02. The van der Waals surface area contributed by atoms with E-state index >= 15 is 0 Å². The van der Waals surface area contributed by atoms with E-state index in [1.807, 2.05) is 0 Å². The van der Waals surface area contributed by atoms with E-state index in [4.69, 9.17) is 16.3 Å². The second kappa shape index (κ2) is 4.43. The van der Waals surface area contributed by atoms with Crippen LogP contribution >= 0.6 is 11.6 Å². The molecule has 1 aromatic rings. The molecule has 1 N–H and O–H groups in total. The predicted octanol–water partition coefficient (Wildman–Crippen LogP) is 3.40. The zero-order chi connectivity index (χ0) is 12.8. The van der Waals surface area contributed by atoms with Gasteiger partial charge in [0.25, 0.3) is 0 Å². The Balaban J connectivity index is 1.97. The molecule has 0 aliphatic carbocycles. The minimum absolute atomic E-state index is 0.0744. The van der Waals surface area contributed by atoms with Gasteiger partial charge in [0.15, 0.2) is 0 Å². The summed E-state index contributed by atoms with van der Waals surface area (Å²) in [4.78, 5) is 0. The first-order valence-corrected chi connectivity index (χ1v) is 7.17. The second-order valence-electron chi connectivity index (χ2n) is 5.64. The molecule has 2 aliphatic rings. The lowest BCUT2D eigenvalue weighted by atomic mass is 9.82. The molecule has 1 spiro atoms. The summed E-state index contributed by atoms with van der Waals surface area (Å²) in [5.41, 5.74) is 3.72. The van der Waals surface area contributed by atoms with Crippen LogP contribution in [0.1, 0.15) is 36.0 Å². The first-order valence-electron chi connectivity index (χ1n) is 6.80. The van der Waals surface area contributed by atoms with Gasteiger partial charge < -0.3 is 10.1 Å². The summed E-state index contributed by atoms with van der Waals surface area (Å²) in [6.07, 6.45) is 4.46. The van der Waals surface area contributed by atoms with E-state index in [9.17, 15) is 0 Å². The molecule has 98 valence electrons. The third-order valence-electron chi connectivity index (χ3n) is 4.45. The number of piperidine rings is 1. The zero-order valence-corrected chi connectivity index (χ0v) is 11.9. The first-order chi connectivity index (χ1) is 8.61. The van der Waals surface area contributed by atoms with Crippen LogP contribution in [0.25, 0.3) is 0 Å². The highest BCUT2D eigenvalue weighted by molar-refractivity contribution is 6.32. The molecule has 3 rings (SSSR count). The summed E-state index contributed by atoms with van der Waals surface area (Å²) in [5.74, 6) is 1.07. The fraction of sp³-hybridized carbons (Fsp3) is 0.600. The first kappa shape index (κ1) is 12.3. The molecule has 0 aromatic heterocycles. The van der Waals surface area contributed by atoms with E-state index in [-0.39, 0.29) is 5.60 Å². The average Bonchev–Trinajstić information content (AvgIpc) is 2.37. The molecule has 0 saturated carbocycles. The van der Waals surface area contributed by atoms with Crippen LogP contribution in [0.15, 0.2) is 6.07 Å². The highest BCUT2D eigenvalue weighted by Crippen LogP contribution is 2.42. The van der Waals surface area contributed by atoms with Crippen LogP contribution in [-0.4, -0.2) is 18.7 Å². The highest BCUT2D eigenvalue weighted by atomic mass is 35.5. The number of aryl methyl sites for hydroxylation is 1. The molecule has 0 radical (unpaired) electrons. The molecule has 1 fully saturated rings. The molecule has 0 unspecified atom stereocenters. The van der Waals surface area contributed by atoms with E-state index < -0.39 is 0 Å². The maximum Gasteiger partial charge on any atom is 0.123 e. The lowest BCUT2D eigenvalue weighted by Gasteiger charge is -2.42. The Hall–Kier alpha value is -0.730. The highest BCUT2D eigenvalue weighted by Gasteiger charge is 2.38. The van der Waals surface area contributed by atoms with Crippen molar-refractivity contribution in [3.63, 3.8) is 0 Å². The van der Waals surface area contributed by atoms with Gasteiger partial charge in [-0.25, -0.2) is 0 Å². The molecule has 1 saturated heterocycles. The molecule has 2 heterocycles. The van der Waals surface area contributed by atoms with Crippen molar-refractivity contribution in [1.29, 1.82) is 0 Å². The Kier molecular flexibility index (Phi) is 3.03. The van der Waals surface area contributed by atoms with Crippen LogP contribution in [0.4, 0.5) is 0 Å². The van der Waals surface area contributed by atoms with Crippen LogP contribution < -0.4 is 10.1 Å². The monoisotopic (exact) mass is 265 g/mol. The Bertz CT molecular complexity index is 478. The quantitative estimate of drug-likeness (QED) is 0.776. The number of ether oxygens (including phenoxy) is 1. The molecule has 2 nitrogen and oxygen atoms in total. The fourth-order valence-electron chi connectivity index (χ4n) is 3.23. The molecular formula is C15H20ClNO. The number of nitrogens with one attached hydrogen (secondary N) is 1. The van der Waals surface area contributed by atoms with Gasteiger partial charge in [0, 0.05) is 5.02 Å². The summed E-state index contributed by atoms with van der Waals surface area (Å²) in [6, 6.07) is 2.12. The third kappa shape index (κ3) is 1.92. The van der Waals surface area contributed by atoms with Gasteiger partial charge in [-0.15, -0.1) is 0 Å². The Morgan fingerprint density at radius 1 is 1.22 bits per heavy atom. The van der Waals surface area contributed by atoms with Crippen molar-refractivity contribution in [2.75, 3.05) is 13.1 Å². The van der Waals surface area contributed by atoms with E-state index in [0.29, 0.717) is 0 Å². The Morgan fingerprint density at radius 3 is 2.67 bits per heavy atom. The summed E-state index contributed by atoms with van der Waals surface area (Å²) < 4.78 is 6.38. The number of hydrogen-bond donors (Lipinski definition) is 1. The smallest absolute Gasteiger partial charge is 0.123 e. The Labute approximate surface area is 114 Å². The summed E-state index contributed by atoms with van der Waals surface area (Å²) >= 11 is 6.33. The van der Waals surface area contributed by atoms with Crippen molar-refractivity contribution in [2.24, 2.45) is 0 Å². The van der Waals surface area contributed by atoms with E-state index in [0.717, 1.165) is 55.1 Å². The SMILES string of the molecule is Cc1cc2c(c(C)c1Cl)CCC1(CCNCC1)O2. The summed E-state index contributed by atoms with van der Waals surface area (Å²) in [7, 11) is 0. The predicted molar refractivity (Wildman–Crippen MR) is 74.7 cm³/mol. The lowest BCUT2D eigenvalue weighted by Crippen LogP contribution is -2.48. The zero-order valence-electron chi connectivity index (χ0n) is 11.1. The normalized spacial score (nSPS) is 21.5. The van der Waals surface area contributed by atoms with Crippen molar-refractivity contribution >= 4 is 11.6 Å². The maximum atomic E-state index is 6.38. The van der Waals surface area contributed by atoms with Crippen LogP contribution in [-0.2, 0) is 6.42 Å². The topological polar surface area (TPSA) is 21.3 Å². The summed E-state index contributed by atoms with van der Waals surface area (Å²) in [6.45, 7) is 6.31. The molecular weight excluding hydrogens is 246 g/mol. The minimum Gasteiger partial charge on any atom is -0.487 e. The number of rotatable bonds is 0. The van der Waals surface area contributed by atoms with E-state index in [1.54, 1.807) is 0 Å². The van der Waals surface area contributed by atoms with Crippen molar-refractivity contribution in [2.45, 2.75) is 45.1 Å². The van der Waals surface area contributed by atoms with Crippen LogP contribution in [0.5, 0.6) is 5.75 Å². The molecule has 1 aromatic carbocycles. The third-order valence-corrected chi connectivity index (χ3v) is 5.03. The average molecular weight is 266 g/mol. The Morgan fingerprint density at radius 2 is 1.94 bits per heavy atom. The van der Waals surface area contributed by atoms with Gasteiger partial charge in [-0.05, 0) is 75.4 Å². The molecule has 0 amide bonds. The number of halogens is 1. The van der Waals surface area contributed by atoms with Crippen molar-refractivity contribution in [3.05, 3.63) is 27.8 Å². The standard InChI is InChI=1S/C15H20ClNO/c1-10-9-13-12(11(2)14(10)16)3-4-15(18-13)5-7-17-8-6-15/h9,17H,3-8H2,1-2H3. The van der Waals surface area contributed by atoms with Crippen LogP contribution in [0.3, 0.4) is 0 Å². The molecule has 2 aliphatic heterocycles. The van der Waals surface area contributed by atoms with Crippen LogP contribution in [0, 0.1) is 13.8 Å². The van der Waals surface area contributed by atoms with Gasteiger partial charge in [0.05, 0.1) is 0 Å². The van der Waals surface area contributed by atoms with Gasteiger partial charge in [0.2, 0.25) is 0 Å². The minimum atomic E-state index is 0.0744. The van der Waals surface area contributed by atoms with Crippen molar-refractivity contribution in [3.8, 4) is 5.75 Å². The van der Waals surface area contributed by atoms with Crippen LogP contribution in [0.2, 0.25) is 5.02 Å². The number of fused-ring (bicyclic) bond motifs is 1. The van der Waals surface area contributed by atoms with Gasteiger partial charge in [-0.2, -0.15) is 0 Å². The van der Waals surface area contributed by atoms with Gasteiger partial charge in [-0.3, -0.25) is 0 Å². The van der Waals surface area contributed by atoms with E-state index in [1.165, 1.54) is 11.1 Å². The van der Waals surface area contributed by atoms with E-state index in [2.05, 4.69) is 25.2 Å². The van der Waals surface area contributed by atoms with Gasteiger partial charge in [0.1, 0.15) is 11.4 Å². The van der Waals surface area contributed by atoms with Crippen molar-refractivity contribution < 1.29 is 4.74 Å². The number of hydrogen-bond acceptors (Lipinski definition) is 2. The summed E-state index contributed by atoms with van der Waals surface area (Å²) in [5, 5.41) is 4.31. The molecule has 18 heavy (non-hydrogen) atoms. The maximum absolute atomic E-state index is 6.38. The van der Waals surface area contributed by atoms with Gasteiger partial charge >= 0.3 is 0 Å². The molecule has 0 atom stereocenters. The largest absolute Gasteiger partial charge is 0.487 e.